The monoisotopic (exact) mass is 579 g/mol. The number of nitrogens with zero attached hydrogens (tertiary/aromatic N) is 5. The minimum atomic E-state index is 0.354. The van der Waals surface area contributed by atoms with Gasteiger partial charge in [-0.25, -0.2) is 4.98 Å². The first-order valence-corrected chi connectivity index (χ1v) is 14.3. The third-order valence-corrected chi connectivity index (χ3v) is 8.27. The van der Waals surface area contributed by atoms with Gasteiger partial charge >= 0.3 is 0 Å². The second-order valence-corrected chi connectivity index (χ2v) is 11.2. The predicted molar refractivity (Wildman–Crippen MR) is 165 cm³/mol. The maximum atomic E-state index is 6.41. The summed E-state index contributed by atoms with van der Waals surface area (Å²) in [6.45, 7) is 8.85. The molecule has 2 saturated heterocycles. The van der Waals surface area contributed by atoms with E-state index in [0.717, 1.165) is 43.2 Å². The van der Waals surface area contributed by atoms with Gasteiger partial charge < -0.3 is 25.2 Å². The number of piperidine rings is 1. The van der Waals surface area contributed by atoms with E-state index < -0.39 is 0 Å². The number of hydrogen-bond acceptors (Lipinski definition) is 8. The normalized spacial score (nSPS) is 16.9. The summed E-state index contributed by atoms with van der Waals surface area (Å²) in [6.07, 6.45) is 9.54. The van der Waals surface area contributed by atoms with Crippen molar-refractivity contribution in [2.45, 2.75) is 25.8 Å². The molecule has 0 amide bonds. The Morgan fingerprint density at radius 2 is 1.75 bits per heavy atom. The summed E-state index contributed by atoms with van der Waals surface area (Å²) < 4.78 is 5.79. The van der Waals surface area contributed by atoms with Crippen molar-refractivity contribution in [3.05, 3.63) is 57.7 Å². The van der Waals surface area contributed by atoms with E-state index in [-0.39, 0.29) is 0 Å². The Bertz CT molecular complexity index is 1390. The number of likely N-dealkylation sites (N-methyl/N-ethyl adjacent to an activating group) is 1. The smallest absolute Gasteiger partial charge is 0.229 e. The Kier molecular flexibility index (Phi) is 8.87. The van der Waals surface area contributed by atoms with E-state index in [1.807, 2.05) is 0 Å². The first-order chi connectivity index (χ1) is 19.3. The lowest BCUT2D eigenvalue weighted by Crippen LogP contribution is -2.52. The van der Waals surface area contributed by atoms with Crippen LogP contribution < -0.4 is 20.3 Å². The number of aromatic nitrogens is 2. The molecule has 3 heterocycles. The van der Waals surface area contributed by atoms with Crippen LogP contribution in [0, 0.1) is 19.3 Å². The summed E-state index contributed by atoms with van der Waals surface area (Å²) in [5.41, 5.74) is 4.41. The number of benzene rings is 2. The lowest BCUT2D eigenvalue weighted by Gasteiger charge is -2.43. The van der Waals surface area contributed by atoms with Crippen LogP contribution in [0.15, 0.2) is 36.5 Å². The number of halogens is 2. The Balaban J connectivity index is 1.30. The maximum Gasteiger partial charge on any atom is 0.229 e. The molecule has 1 aromatic heterocycles. The SMILES string of the molecule is C#Cc1ccc(Cl)cc1Nc1nc(Nc2cc(C)c(N3CCC(N4CCN(C)CC4)CC3)cc2OC)ncc1Cl. The number of rotatable bonds is 7. The fourth-order valence-corrected chi connectivity index (χ4v) is 5.76. The molecule has 5 rings (SSSR count). The van der Waals surface area contributed by atoms with Gasteiger partial charge in [0.1, 0.15) is 10.8 Å². The van der Waals surface area contributed by atoms with Crippen LogP contribution in [0.4, 0.5) is 28.8 Å². The van der Waals surface area contributed by atoms with E-state index in [2.05, 4.69) is 67.3 Å². The van der Waals surface area contributed by atoms with Crippen LogP contribution in [0.5, 0.6) is 5.75 Å². The molecular formula is C30H35Cl2N7O. The minimum Gasteiger partial charge on any atom is -0.494 e. The molecule has 0 aliphatic carbocycles. The van der Waals surface area contributed by atoms with E-state index >= 15 is 0 Å². The first-order valence-electron chi connectivity index (χ1n) is 13.5. The van der Waals surface area contributed by atoms with Gasteiger partial charge in [0.15, 0.2) is 5.82 Å². The molecule has 10 heteroatoms. The van der Waals surface area contributed by atoms with Crippen molar-refractivity contribution >= 4 is 52.0 Å². The zero-order chi connectivity index (χ0) is 28.2. The van der Waals surface area contributed by atoms with Gasteiger partial charge in [-0.3, -0.25) is 4.90 Å². The highest BCUT2D eigenvalue weighted by atomic mass is 35.5. The van der Waals surface area contributed by atoms with Crippen molar-refractivity contribution in [1.29, 1.82) is 0 Å². The molecule has 40 heavy (non-hydrogen) atoms. The van der Waals surface area contributed by atoms with Gasteiger partial charge in [0.25, 0.3) is 0 Å². The van der Waals surface area contributed by atoms with Crippen molar-refractivity contribution in [2.24, 2.45) is 0 Å². The number of nitrogens with one attached hydrogen (secondary N) is 2. The lowest BCUT2D eigenvalue weighted by molar-refractivity contribution is 0.0982. The molecule has 8 nitrogen and oxygen atoms in total. The molecule has 2 aromatic carbocycles. The number of piperazine rings is 1. The molecule has 2 aliphatic heterocycles. The van der Waals surface area contributed by atoms with Gasteiger partial charge in [-0.1, -0.05) is 29.1 Å². The van der Waals surface area contributed by atoms with Crippen LogP contribution in [-0.2, 0) is 0 Å². The van der Waals surface area contributed by atoms with Crippen LogP contribution in [0.25, 0.3) is 0 Å². The summed E-state index contributed by atoms with van der Waals surface area (Å²) >= 11 is 12.6. The minimum absolute atomic E-state index is 0.354. The van der Waals surface area contributed by atoms with Crippen molar-refractivity contribution in [3.8, 4) is 18.1 Å². The fraction of sp³-hybridized carbons (Fsp3) is 0.400. The highest BCUT2D eigenvalue weighted by Gasteiger charge is 2.27. The highest BCUT2D eigenvalue weighted by molar-refractivity contribution is 6.33. The molecule has 0 bridgehead atoms. The van der Waals surface area contributed by atoms with E-state index in [1.165, 1.54) is 37.8 Å². The molecule has 2 aliphatic rings. The molecule has 210 valence electrons. The average molecular weight is 581 g/mol. The van der Waals surface area contributed by atoms with E-state index in [1.54, 1.807) is 25.3 Å². The van der Waals surface area contributed by atoms with Gasteiger partial charge in [-0.05, 0) is 56.6 Å². The predicted octanol–water partition coefficient (Wildman–Crippen LogP) is 5.79. The first kappa shape index (κ1) is 28.3. The molecule has 3 aromatic rings. The van der Waals surface area contributed by atoms with Crippen molar-refractivity contribution < 1.29 is 4.74 Å². The number of ether oxygens (including phenoxy) is 1. The third kappa shape index (κ3) is 6.39. The Labute approximate surface area is 246 Å². The van der Waals surface area contributed by atoms with E-state index in [9.17, 15) is 0 Å². The Morgan fingerprint density at radius 3 is 2.45 bits per heavy atom. The van der Waals surface area contributed by atoms with Gasteiger partial charge in [0.05, 0.1) is 24.7 Å². The van der Waals surface area contributed by atoms with Gasteiger partial charge in [0, 0.05) is 67.7 Å². The summed E-state index contributed by atoms with van der Waals surface area (Å²) in [5.74, 6) is 4.15. The maximum absolute atomic E-state index is 6.41. The largest absolute Gasteiger partial charge is 0.494 e. The zero-order valence-electron chi connectivity index (χ0n) is 23.2. The molecule has 2 fully saturated rings. The summed E-state index contributed by atoms with van der Waals surface area (Å²) in [4.78, 5) is 16.5. The van der Waals surface area contributed by atoms with Crippen LogP contribution in [-0.4, -0.2) is 79.2 Å². The number of anilines is 5. The van der Waals surface area contributed by atoms with Crippen molar-refractivity contribution in [3.63, 3.8) is 0 Å². The number of methoxy groups -OCH3 is 1. The van der Waals surface area contributed by atoms with Crippen LogP contribution in [0.2, 0.25) is 10.0 Å². The second-order valence-electron chi connectivity index (χ2n) is 10.4. The van der Waals surface area contributed by atoms with E-state index in [0.29, 0.717) is 39.1 Å². The third-order valence-electron chi connectivity index (χ3n) is 7.76. The number of aryl methyl sites for hydroxylation is 1. The highest BCUT2D eigenvalue weighted by Crippen LogP contribution is 2.37. The van der Waals surface area contributed by atoms with Crippen LogP contribution in [0.1, 0.15) is 24.0 Å². The summed E-state index contributed by atoms with van der Waals surface area (Å²) in [7, 11) is 3.88. The molecule has 0 radical (unpaired) electrons. The fourth-order valence-electron chi connectivity index (χ4n) is 5.45. The lowest BCUT2D eigenvalue weighted by atomic mass is 10.0. The van der Waals surface area contributed by atoms with E-state index in [4.69, 9.17) is 34.4 Å². The molecule has 2 N–H and O–H groups in total. The van der Waals surface area contributed by atoms with Gasteiger partial charge in [0.2, 0.25) is 5.95 Å². The number of terminal acetylenes is 1. The Morgan fingerprint density at radius 1 is 1.00 bits per heavy atom. The topological polar surface area (TPSA) is 68.8 Å². The molecular weight excluding hydrogens is 545 g/mol. The number of hydrogen-bond donors (Lipinski definition) is 2. The molecule has 0 atom stereocenters. The average Bonchev–Trinajstić information content (AvgIpc) is 2.96. The Hall–Kier alpha value is -3.22. The van der Waals surface area contributed by atoms with Crippen molar-refractivity contribution in [1.82, 2.24) is 19.8 Å². The quantitative estimate of drug-likeness (QED) is 0.341. The molecule has 0 unspecified atom stereocenters. The summed E-state index contributed by atoms with van der Waals surface area (Å²) in [6, 6.07) is 10.1. The molecule has 0 spiro atoms. The van der Waals surface area contributed by atoms with Gasteiger partial charge in [-0.2, -0.15) is 4.98 Å². The summed E-state index contributed by atoms with van der Waals surface area (Å²) in [5, 5.41) is 7.39. The molecule has 0 saturated carbocycles. The van der Waals surface area contributed by atoms with Crippen LogP contribution >= 0.6 is 23.2 Å². The zero-order valence-corrected chi connectivity index (χ0v) is 24.7. The van der Waals surface area contributed by atoms with Crippen LogP contribution in [0.3, 0.4) is 0 Å². The van der Waals surface area contributed by atoms with Crippen molar-refractivity contribution in [2.75, 3.05) is 69.0 Å². The van der Waals surface area contributed by atoms with Gasteiger partial charge in [-0.15, -0.1) is 6.42 Å². The standard InChI is InChI=1S/C30H35Cl2N7O/c1-5-21-6-7-22(31)17-25(21)34-29-24(32)19-33-30(36-29)35-26-16-20(2)27(18-28(26)40-4)39-10-8-23(9-11-39)38-14-12-37(3)13-15-38/h1,6-7,16-19,23H,8-15H2,2-4H3,(H2,33,34,35,36). The second kappa shape index (κ2) is 12.5.